The van der Waals surface area contributed by atoms with Gasteiger partial charge in [-0.05, 0) is 17.7 Å². The van der Waals surface area contributed by atoms with Gasteiger partial charge in [-0.3, -0.25) is 4.79 Å². The Labute approximate surface area is 143 Å². The molecule has 0 fully saturated rings. The Hall–Kier alpha value is -2.28. The lowest BCUT2D eigenvalue weighted by Crippen LogP contribution is -2.39. The first-order chi connectivity index (χ1) is 11.6. The largest absolute Gasteiger partial charge is 0.383 e. The van der Waals surface area contributed by atoms with Crippen molar-refractivity contribution in [3.8, 4) is 0 Å². The summed E-state index contributed by atoms with van der Waals surface area (Å²) in [5.74, 6) is -0.536. The fourth-order valence-electron chi connectivity index (χ4n) is 2.45. The van der Waals surface area contributed by atoms with E-state index in [9.17, 15) is 15.0 Å². The molecule has 3 rings (SSSR count). The van der Waals surface area contributed by atoms with Gasteiger partial charge in [-0.1, -0.05) is 42.5 Å². The molecule has 0 aliphatic carbocycles. The third-order valence-corrected chi connectivity index (χ3v) is 4.86. The van der Waals surface area contributed by atoms with Gasteiger partial charge in [0.05, 0.1) is 10.2 Å². The quantitative estimate of drug-likeness (QED) is 0.746. The van der Waals surface area contributed by atoms with E-state index >= 15 is 0 Å². The number of aliphatic hydroxyl groups is 2. The van der Waals surface area contributed by atoms with Gasteiger partial charge in [0.25, 0.3) is 5.91 Å². The maximum Gasteiger partial charge on any atom is 0.254 e. The van der Waals surface area contributed by atoms with Gasteiger partial charge < -0.3 is 15.1 Å². The van der Waals surface area contributed by atoms with E-state index in [1.807, 2.05) is 54.6 Å². The molecule has 0 saturated carbocycles. The Morgan fingerprint density at radius 3 is 2.50 bits per heavy atom. The van der Waals surface area contributed by atoms with Gasteiger partial charge in [0.1, 0.15) is 11.1 Å². The molecule has 2 N–H and O–H groups in total. The van der Waals surface area contributed by atoms with Crippen molar-refractivity contribution in [1.29, 1.82) is 0 Å². The number of fused-ring (bicyclic) bond motifs is 1. The average molecular weight is 342 g/mol. The standard InChI is InChI=1S/C18H18N2O3S/c1-20(11-12-7-3-2-4-8-12)18(23)16(22)15(21)17-19-13-9-5-6-10-14(13)24-17/h2-10,15-16,21-22H,11H2,1H3. The minimum Gasteiger partial charge on any atom is -0.383 e. The Morgan fingerprint density at radius 2 is 1.79 bits per heavy atom. The van der Waals surface area contributed by atoms with Crippen LogP contribution in [0.1, 0.15) is 16.7 Å². The number of amides is 1. The summed E-state index contributed by atoms with van der Waals surface area (Å²) in [5.41, 5.74) is 1.70. The molecule has 0 spiro atoms. The Morgan fingerprint density at radius 1 is 1.12 bits per heavy atom. The summed E-state index contributed by atoms with van der Waals surface area (Å²) in [6, 6.07) is 16.9. The Kier molecular flexibility index (Phi) is 4.89. The SMILES string of the molecule is CN(Cc1ccccc1)C(=O)C(O)C(O)c1nc2ccccc2s1. The molecule has 2 atom stereocenters. The van der Waals surface area contributed by atoms with Gasteiger partial charge in [0.15, 0.2) is 6.10 Å². The molecule has 5 nitrogen and oxygen atoms in total. The van der Waals surface area contributed by atoms with Crippen LogP contribution in [0, 0.1) is 0 Å². The number of nitrogens with zero attached hydrogens (tertiary/aromatic N) is 2. The van der Waals surface area contributed by atoms with E-state index in [1.54, 1.807) is 7.05 Å². The van der Waals surface area contributed by atoms with E-state index in [0.29, 0.717) is 11.6 Å². The molecule has 0 saturated heterocycles. The van der Waals surface area contributed by atoms with Crippen molar-refractivity contribution in [3.63, 3.8) is 0 Å². The van der Waals surface area contributed by atoms with Crippen molar-refractivity contribution in [3.05, 3.63) is 65.2 Å². The van der Waals surface area contributed by atoms with E-state index < -0.39 is 18.1 Å². The molecule has 1 heterocycles. The average Bonchev–Trinajstić information content (AvgIpc) is 3.04. The molecule has 2 aromatic carbocycles. The summed E-state index contributed by atoms with van der Waals surface area (Å²) in [6.07, 6.45) is -2.88. The number of aromatic nitrogens is 1. The molecule has 124 valence electrons. The van der Waals surface area contributed by atoms with Crippen molar-refractivity contribution in [2.24, 2.45) is 0 Å². The number of carbonyl (C=O) groups is 1. The summed E-state index contributed by atoms with van der Waals surface area (Å²) in [6.45, 7) is 0.364. The first-order valence-electron chi connectivity index (χ1n) is 7.57. The lowest BCUT2D eigenvalue weighted by atomic mass is 10.1. The van der Waals surface area contributed by atoms with Crippen molar-refractivity contribution in [2.45, 2.75) is 18.8 Å². The second-order valence-corrected chi connectivity index (χ2v) is 6.65. The van der Waals surface area contributed by atoms with Crippen LogP contribution in [0.25, 0.3) is 10.2 Å². The minimum absolute atomic E-state index is 0.338. The first-order valence-corrected chi connectivity index (χ1v) is 8.38. The highest BCUT2D eigenvalue weighted by Crippen LogP contribution is 2.28. The molecular weight excluding hydrogens is 324 g/mol. The fourth-order valence-corrected chi connectivity index (χ4v) is 3.43. The van der Waals surface area contributed by atoms with Crippen LogP contribution in [0.3, 0.4) is 0 Å². The van der Waals surface area contributed by atoms with Gasteiger partial charge >= 0.3 is 0 Å². The molecular formula is C18H18N2O3S. The van der Waals surface area contributed by atoms with Gasteiger partial charge in [0, 0.05) is 13.6 Å². The van der Waals surface area contributed by atoms with Gasteiger partial charge in [-0.25, -0.2) is 4.98 Å². The second kappa shape index (κ2) is 7.09. The molecule has 1 aromatic heterocycles. The maximum absolute atomic E-state index is 12.4. The number of para-hydroxylation sites is 1. The fraction of sp³-hybridized carbons (Fsp3) is 0.222. The summed E-state index contributed by atoms with van der Waals surface area (Å²) in [4.78, 5) is 18.1. The summed E-state index contributed by atoms with van der Waals surface area (Å²) >= 11 is 1.27. The van der Waals surface area contributed by atoms with Crippen LogP contribution in [0.5, 0.6) is 0 Å². The van der Waals surface area contributed by atoms with Crippen molar-refractivity contribution < 1.29 is 15.0 Å². The summed E-state index contributed by atoms with van der Waals surface area (Å²) in [7, 11) is 1.60. The third-order valence-electron chi connectivity index (χ3n) is 3.75. The highest BCUT2D eigenvalue weighted by atomic mass is 32.1. The molecule has 3 aromatic rings. The zero-order chi connectivity index (χ0) is 17.1. The number of likely N-dealkylation sites (N-methyl/N-ethyl adjacent to an activating group) is 1. The predicted molar refractivity (Wildman–Crippen MR) is 93.5 cm³/mol. The van der Waals surface area contributed by atoms with E-state index in [2.05, 4.69) is 4.98 Å². The topological polar surface area (TPSA) is 73.7 Å². The predicted octanol–water partition coefficient (Wildman–Crippen LogP) is 2.35. The van der Waals surface area contributed by atoms with Crippen molar-refractivity contribution >= 4 is 27.5 Å². The smallest absolute Gasteiger partial charge is 0.254 e. The number of rotatable bonds is 5. The monoisotopic (exact) mass is 342 g/mol. The molecule has 1 amide bonds. The number of benzene rings is 2. The molecule has 0 radical (unpaired) electrons. The zero-order valence-corrected chi connectivity index (χ0v) is 14.0. The van der Waals surface area contributed by atoms with Crippen LogP contribution in [0.4, 0.5) is 0 Å². The molecule has 24 heavy (non-hydrogen) atoms. The van der Waals surface area contributed by atoms with E-state index in [1.165, 1.54) is 16.2 Å². The van der Waals surface area contributed by atoms with Crippen LogP contribution in [-0.2, 0) is 11.3 Å². The molecule has 0 aliphatic heterocycles. The second-order valence-electron chi connectivity index (χ2n) is 5.59. The van der Waals surface area contributed by atoms with Gasteiger partial charge in [-0.2, -0.15) is 0 Å². The summed E-state index contributed by atoms with van der Waals surface area (Å²) in [5, 5.41) is 20.9. The highest BCUT2D eigenvalue weighted by Gasteiger charge is 2.30. The van der Waals surface area contributed by atoms with Crippen LogP contribution in [-0.4, -0.2) is 39.2 Å². The van der Waals surface area contributed by atoms with Crippen molar-refractivity contribution in [1.82, 2.24) is 9.88 Å². The first kappa shape index (κ1) is 16.6. The lowest BCUT2D eigenvalue weighted by molar-refractivity contribution is -0.145. The van der Waals surface area contributed by atoms with Crippen molar-refractivity contribution in [2.75, 3.05) is 7.05 Å². The number of carbonyl (C=O) groups excluding carboxylic acids is 1. The number of hydrogen-bond donors (Lipinski definition) is 2. The van der Waals surface area contributed by atoms with Crippen LogP contribution >= 0.6 is 11.3 Å². The molecule has 2 unspecified atom stereocenters. The van der Waals surface area contributed by atoms with E-state index in [-0.39, 0.29) is 0 Å². The van der Waals surface area contributed by atoms with Crippen LogP contribution in [0.15, 0.2) is 54.6 Å². The van der Waals surface area contributed by atoms with E-state index in [4.69, 9.17) is 0 Å². The number of hydrogen-bond acceptors (Lipinski definition) is 5. The Balaban J connectivity index is 1.72. The molecule has 0 bridgehead atoms. The number of thiazole rings is 1. The zero-order valence-electron chi connectivity index (χ0n) is 13.2. The highest BCUT2D eigenvalue weighted by molar-refractivity contribution is 7.18. The number of aliphatic hydroxyl groups excluding tert-OH is 2. The molecule has 6 heteroatoms. The lowest BCUT2D eigenvalue weighted by Gasteiger charge is -2.23. The van der Waals surface area contributed by atoms with Gasteiger partial charge in [-0.15, -0.1) is 11.3 Å². The van der Waals surface area contributed by atoms with Gasteiger partial charge in [0.2, 0.25) is 0 Å². The summed E-state index contributed by atoms with van der Waals surface area (Å²) < 4.78 is 0.906. The maximum atomic E-state index is 12.4. The van der Waals surface area contributed by atoms with Crippen LogP contribution in [0.2, 0.25) is 0 Å². The third kappa shape index (κ3) is 3.46. The van der Waals surface area contributed by atoms with Crippen LogP contribution < -0.4 is 0 Å². The normalized spacial score (nSPS) is 13.6. The molecule has 0 aliphatic rings. The Bertz CT molecular complexity index is 801. The minimum atomic E-state index is -1.54. The van der Waals surface area contributed by atoms with E-state index in [0.717, 1.165) is 15.8 Å².